The monoisotopic (exact) mass is 464 g/mol. The molecule has 9 heteroatoms. The van der Waals surface area contributed by atoms with E-state index in [1.165, 1.54) is 12.1 Å². The number of halogens is 1. The lowest BCUT2D eigenvalue weighted by Crippen LogP contribution is -2.50. The summed E-state index contributed by atoms with van der Waals surface area (Å²) in [6.45, 7) is 0.419. The molecular formula is C25H29FN6O2. The van der Waals surface area contributed by atoms with Crippen LogP contribution in [0.3, 0.4) is 0 Å². The number of nitrogens with one attached hydrogen (secondary N) is 3. The maximum Gasteiger partial charge on any atom is 0.168 e. The molecule has 0 aromatic heterocycles. The van der Waals surface area contributed by atoms with Crippen LogP contribution in [0, 0.1) is 27.8 Å². The van der Waals surface area contributed by atoms with Crippen LogP contribution in [0.25, 0.3) is 0 Å². The number of hydrogen-bond donors (Lipinski definition) is 3. The average molecular weight is 465 g/mol. The summed E-state index contributed by atoms with van der Waals surface area (Å²) in [6.07, 6.45) is 3.44. The van der Waals surface area contributed by atoms with E-state index in [-0.39, 0.29) is 18.0 Å². The number of nitrogens with zero attached hydrogens (tertiary/aromatic N) is 3. The van der Waals surface area contributed by atoms with Gasteiger partial charge in [-0.2, -0.15) is 15.3 Å². The molecule has 2 aliphatic rings. The van der Waals surface area contributed by atoms with Crippen molar-refractivity contribution in [1.29, 1.82) is 16.6 Å². The Kier molecular flexibility index (Phi) is 6.63. The first-order valence-corrected chi connectivity index (χ1v) is 11.6. The first-order valence-electron chi connectivity index (χ1n) is 11.6. The second kappa shape index (κ2) is 9.48. The van der Waals surface area contributed by atoms with Gasteiger partial charge in [0.25, 0.3) is 0 Å². The Balaban J connectivity index is 1.49. The molecule has 2 unspecified atom stereocenters. The summed E-state index contributed by atoms with van der Waals surface area (Å²) in [5.74, 6) is 0.149. The molecule has 2 aromatic rings. The highest BCUT2D eigenvalue weighted by molar-refractivity contribution is 5.94. The predicted molar refractivity (Wildman–Crippen MR) is 122 cm³/mol. The third kappa shape index (κ3) is 3.93. The van der Waals surface area contributed by atoms with Crippen LogP contribution in [-0.2, 0) is 10.3 Å². The van der Waals surface area contributed by atoms with Gasteiger partial charge >= 0.3 is 0 Å². The quantitative estimate of drug-likeness (QED) is 0.284. The van der Waals surface area contributed by atoms with Gasteiger partial charge in [-0.3, -0.25) is 4.79 Å². The summed E-state index contributed by atoms with van der Waals surface area (Å²) in [5, 5.41) is 11.7. The number of ketones is 1. The molecule has 0 radical (unpaired) electrons. The fourth-order valence-corrected chi connectivity index (χ4v) is 5.86. The average Bonchev–Trinajstić information content (AvgIpc) is 3.13. The molecule has 0 heterocycles. The zero-order valence-corrected chi connectivity index (χ0v) is 19.0. The van der Waals surface area contributed by atoms with Gasteiger partial charge in [0.2, 0.25) is 0 Å². The number of hydrogen-bond acceptors (Lipinski definition) is 8. The third-order valence-electron chi connectivity index (χ3n) is 7.79. The van der Waals surface area contributed by atoms with Crippen molar-refractivity contribution in [3.05, 3.63) is 66.0 Å². The lowest BCUT2D eigenvalue weighted by molar-refractivity contribution is -0.132. The van der Waals surface area contributed by atoms with Crippen LogP contribution in [0.2, 0.25) is 0 Å². The van der Waals surface area contributed by atoms with Crippen LogP contribution in [0.4, 0.5) is 4.39 Å². The van der Waals surface area contributed by atoms with Gasteiger partial charge in [0.1, 0.15) is 23.1 Å². The minimum Gasteiger partial charge on any atom is -0.494 e. The molecule has 2 fully saturated rings. The number of carbonyl (C=O) groups is 1. The van der Waals surface area contributed by atoms with Crippen molar-refractivity contribution >= 4 is 5.78 Å². The Hall–Kier alpha value is -3.36. The highest BCUT2D eigenvalue weighted by Crippen LogP contribution is 2.62. The van der Waals surface area contributed by atoms with Crippen LogP contribution in [0.1, 0.15) is 50.5 Å². The molecular weight excluding hydrogens is 435 g/mol. The Bertz CT molecular complexity index is 1050. The lowest BCUT2D eigenvalue weighted by atomic mass is 9.57. The zero-order valence-electron chi connectivity index (χ0n) is 19.0. The number of benzene rings is 2. The topological polar surface area (TPSA) is 135 Å². The van der Waals surface area contributed by atoms with Crippen molar-refractivity contribution < 1.29 is 13.9 Å². The second-order valence-electron chi connectivity index (χ2n) is 9.38. The molecule has 2 aromatic carbocycles. The van der Waals surface area contributed by atoms with Gasteiger partial charge in [-0.1, -0.05) is 30.3 Å². The van der Waals surface area contributed by atoms with E-state index in [4.69, 9.17) is 21.3 Å². The molecule has 0 bridgehead atoms. The highest BCUT2D eigenvalue weighted by Gasteiger charge is 2.67. The van der Waals surface area contributed by atoms with Gasteiger partial charge in [0.05, 0.1) is 17.6 Å². The van der Waals surface area contributed by atoms with Gasteiger partial charge in [-0.15, -0.1) is 0 Å². The van der Waals surface area contributed by atoms with E-state index in [2.05, 4.69) is 15.3 Å². The third-order valence-corrected chi connectivity index (χ3v) is 7.79. The van der Waals surface area contributed by atoms with Crippen molar-refractivity contribution in [1.82, 2.24) is 0 Å². The molecule has 3 N–H and O–H groups in total. The summed E-state index contributed by atoms with van der Waals surface area (Å²) in [6, 6.07) is 14.5. The highest BCUT2D eigenvalue weighted by atomic mass is 19.1. The first kappa shape index (κ1) is 23.8. The molecule has 0 aliphatic heterocycles. The van der Waals surface area contributed by atoms with Crippen LogP contribution in [-0.4, -0.2) is 24.0 Å². The molecule has 2 saturated carbocycles. The molecule has 34 heavy (non-hydrogen) atoms. The molecule has 1 spiro atoms. The standard InChI is InChI=1S/C25H29FN6O2/c26-19-7-9-20(10-8-19)34-16-4-11-23(31-28)12-14-24(15-13-23)22(33)21(30-27)17-25(24,32-29)18-5-2-1-3-6-18/h1-3,5-10,21,27-29H,4,11-17H2. The van der Waals surface area contributed by atoms with Crippen LogP contribution < -0.4 is 4.74 Å². The number of ether oxygens (including phenoxy) is 1. The second-order valence-corrected chi connectivity index (χ2v) is 9.38. The molecule has 0 saturated heterocycles. The SMILES string of the molecule is N=NC1CC(N=N)(c2ccccc2)C2(CCC(CCCOc3ccc(F)cc3)(N=N)CC2)C1=O. The fraction of sp³-hybridized carbons (Fsp3) is 0.480. The maximum atomic E-state index is 13.5. The van der Waals surface area contributed by atoms with Gasteiger partial charge < -0.3 is 4.74 Å². The molecule has 8 nitrogen and oxygen atoms in total. The largest absolute Gasteiger partial charge is 0.494 e. The van der Waals surface area contributed by atoms with Crippen molar-refractivity contribution in [2.45, 2.75) is 62.1 Å². The van der Waals surface area contributed by atoms with E-state index in [1.807, 2.05) is 30.3 Å². The molecule has 0 amide bonds. The first-order chi connectivity index (χ1) is 16.4. The molecule has 4 rings (SSSR count). The number of Topliss-reactive ketones (excluding diaryl/α,β-unsaturated/α-hetero) is 1. The maximum absolute atomic E-state index is 13.5. The van der Waals surface area contributed by atoms with E-state index < -0.39 is 22.5 Å². The zero-order chi connectivity index (χ0) is 24.2. The summed E-state index contributed by atoms with van der Waals surface area (Å²) in [4.78, 5) is 13.5. The van der Waals surface area contributed by atoms with Crippen molar-refractivity contribution in [3.63, 3.8) is 0 Å². The summed E-state index contributed by atoms with van der Waals surface area (Å²) in [7, 11) is 0. The van der Waals surface area contributed by atoms with E-state index in [0.717, 1.165) is 5.56 Å². The van der Waals surface area contributed by atoms with E-state index >= 15 is 0 Å². The molecule has 2 atom stereocenters. The number of carbonyl (C=O) groups excluding carboxylic acids is 1. The number of rotatable bonds is 9. The Morgan fingerprint density at radius 2 is 1.62 bits per heavy atom. The Morgan fingerprint density at radius 3 is 2.21 bits per heavy atom. The minimum atomic E-state index is -1.06. The van der Waals surface area contributed by atoms with Gasteiger partial charge in [0.15, 0.2) is 5.78 Å². The van der Waals surface area contributed by atoms with Crippen molar-refractivity contribution in [3.8, 4) is 5.75 Å². The lowest BCUT2D eigenvalue weighted by Gasteiger charge is -2.48. The smallest absolute Gasteiger partial charge is 0.168 e. The molecule has 2 aliphatic carbocycles. The van der Waals surface area contributed by atoms with Gasteiger partial charge in [0, 0.05) is 6.42 Å². The van der Waals surface area contributed by atoms with Gasteiger partial charge in [-0.25, -0.2) is 21.0 Å². The predicted octanol–water partition coefficient (Wildman–Crippen LogP) is 6.61. The van der Waals surface area contributed by atoms with Gasteiger partial charge in [-0.05, 0) is 68.4 Å². The van der Waals surface area contributed by atoms with E-state index in [1.54, 1.807) is 12.1 Å². The van der Waals surface area contributed by atoms with Crippen molar-refractivity contribution in [2.24, 2.45) is 20.8 Å². The molecule has 178 valence electrons. The Labute approximate surface area is 197 Å². The van der Waals surface area contributed by atoms with Crippen LogP contribution in [0.15, 0.2) is 69.9 Å². The normalized spacial score (nSPS) is 30.7. The summed E-state index contributed by atoms with van der Waals surface area (Å²) < 4.78 is 18.7. The van der Waals surface area contributed by atoms with E-state index in [0.29, 0.717) is 50.9 Å². The summed E-state index contributed by atoms with van der Waals surface area (Å²) in [5.41, 5.74) is 21.8. The van der Waals surface area contributed by atoms with Crippen molar-refractivity contribution in [2.75, 3.05) is 6.61 Å². The van der Waals surface area contributed by atoms with Crippen LogP contribution in [0.5, 0.6) is 5.75 Å². The van der Waals surface area contributed by atoms with Crippen LogP contribution >= 0.6 is 0 Å². The summed E-state index contributed by atoms with van der Waals surface area (Å²) >= 11 is 0. The fourth-order valence-electron chi connectivity index (χ4n) is 5.86. The minimum absolute atomic E-state index is 0.124. The Morgan fingerprint density at radius 1 is 0.941 bits per heavy atom. The van der Waals surface area contributed by atoms with E-state index in [9.17, 15) is 9.18 Å².